The highest BCUT2D eigenvalue weighted by Crippen LogP contribution is 2.24. The number of hydrogen-bond acceptors (Lipinski definition) is 4. The number of anilines is 1. The molecule has 1 atom stereocenters. The number of nitrogens with two attached hydrogens (primary N) is 1. The van der Waals surface area contributed by atoms with E-state index >= 15 is 0 Å². The maximum Gasteiger partial charge on any atom is 0.241 e. The molecule has 3 N–H and O–H groups in total. The third-order valence-electron chi connectivity index (χ3n) is 5.65. The van der Waals surface area contributed by atoms with Crippen LogP contribution in [0.2, 0.25) is 0 Å². The molecular weight excluding hydrogens is 340 g/mol. The van der Waals surface area contributed by atoms with E-state index in [1.54, 1.807) is 0 Å². The van der Waals surface area contributed by atoms with Crippen LogP contribution < -0.4 is 11.1 Å². The van der Waals surface area contributed by atoms with Gasteiger partial charge in [0.05, 0.1) is 11.6 Å². The molecule has 27 heavy (non-hydrogen) atoms. The average molecular weight is 375 g/mol. The zero-order chi connectivity index (χ0) is 20.4. The van der Waals surface area contributed by atoms with Crippen LogP contribution in [0.25, 0.3) is 0 Å². The molecule has 150 valence electrons. The molecule has 1 aliphatic heterocycles. The molecule has 2 amide bonds. The van der Waals surface area contributed by atoms with E-state index in [1.807, 2.05) is 32.9 Å². The zero-order valence-corrected chi connectivity index (χ0v) is 17.5. The van der Waals surface area contributed by atoms with Crippen molar-refractivity contribution < 1.29 is 9.59 Å². The largest absolute Gasteiger partial charge is 0.368 e. The van der Waals surface area contributed by atoms with Gasteiger partial charge in [0.15, 0.2) is 0 Å². The first kappa shape index (κ1) is 21.4. The van der Waals surface area contributed by atoms with Gasteiger partial charge < -0.3 is 11.1 Å². The summed E-state index contributed by atoms with van der Waals surface area (Å²) < 4.78 is 0. The van der Waals surface area contributed by atoms with Gasteiger partial charge in [0.25, 0.3) is 0 Å². The number of hydrogen-bond donors (Lipinski definition) is 2. The summed E-state index contributed by atoms with van der Waals surface area (Å²) in [6, 6.07) is 7.80. The van der Waals surface area contributed by atoms with Crippen molar-refractivity contribution in [2.24, 2.45) is 5.73 Å². The summed E-state index contributed by atoms with van der Waals surface area (Å²) >= 11 is 0. The van der Waals surface area contributed by atoms with E-state index in [1.165, 1.54) is 5.56 Å². The summed E-state index contributed by atoms with van der Waals surface area (Å²) in [5.74, 6) is -0.332. The molecule has 1 aromatic carbocycles. The van der Waals surface area contributed by atoms with Gasteiger partial charge >= 0.3 is 0 Å². The van der Waals surface area contributed by atoms with Crippen molar-refractivity contribution in [1.82, 2.24) is 9.80 Å². The predicted octanol–water partition coefficient (Wildman–Crippen LogP) is 2.19. The lowest BCUT2D eigenvalue weighted by molar-refractivity contribution is -0.131. The molecule has 1 aromatic rings. The Morgan fingerprint density at radius 3 is 1.96 bits per heavy atom. The van der Waals surface area contributed by atoms with Crippen molar-refractivity contribution in [1.29, 1.82) is 0 Å². The highest BCUT2D eigenvalue weighted by molar-refractivity contribution is 5.94. The van der Waals surface area contributed by atoms with Crippen LogP contribution in [0, 0.1) is 0 Å². The van der Waals surface area contributed by atoms with Crippen LogP contribution in [0.1, 0.15) is 47.1 Å². The average Bonchev–Trinajstić information content (AvgIpc) is 2.60. The number of amides is 2. The molecule has 0 bridgehead atoms. The van der Waals surface area contributed by atoms with E-state index in [-0.39, 0.29) is 23.3 Å². The lowest BCUT2D eigenvalue weighted by Crippen LogP contribution is -2.61. The maximum atomic E-state index is 12.6. The van der Waals surface area contributed by atoms with E-state index in [4.69, 9.17) is 5.73 Å². The smallest absolute Gasteiger partial charge is 0.241 e. The minimum absolute atomic E-state index is 0.0129. The van der Waals surface area contributed by atoms with Gasteiger partial charge in [-0.2, -0.15) is 0 Å². The van der Waals surface area contributed by atoms with Crippen molar-refractivity contribution in [2.45, 2.75) is 58.5 Å². The third kappa shape index (κ3) is 5.08. The Bertz CT molecular complexity index is 668. The first-order chi connectivity index (χ1) is 12.4. The topological polar surface area (TPSA) is 78.7 Å². The molecule has 1 unspecified atom stereocenters. The fourth-order valence-electron chi connectivity index (χ4n) is 3.29. The Balaban J connectivity index is 1.92. The molecule has 6 heteroatoms. The number of rotatable bonds is 5. The summed E-state index contributed by atoms with van der Waals surface area (Å²) in [7, 11) is 0. The molecular formula is C21H34N4O2. The van der Waals surface area contributed by atoms with Crippen LogP contribution in [-0.2, 0) is 15.0 Å². The van der Waals surface area contributed by atoms with Crippen molar-refractivity contribution in [2.75, 3.05) is 31.5 Å². The molecule has 1 aliphatic rings. The summed E-state index contributed by atoms with van der Waals surface area (Å²) in [6.45, 7) is 15.0. The number of benzene rings is 1. The predicted molar refractivity (Wildman–Crippen MR) is 110 cm³/mol. The van der Waals surface area contributed by atoms with Crippen LogP contribution in [0.15, 0.2) is 24.3 Å². The number of piperazine rings is 1. The van der Waals surface area contributed by atoms with Crippen molar-refractivity contribution >= 4 is 17.5 Å². The molecule has 0 saturated carbocycles. The molecule has 0 aromatic heterocycles. The minimum Gasteiger partial charge on any atom is -0.368 e. The van der Waals surface area contributed by atoms with Crippen LogP contribution in [0.4, 0.5) is 5.69 Å². The van der Waals surface area contributed by atoms with Gasteiger partial charge in [-0.3, -0.25) is 19.4 Å². The summed E-state index contributed by atoms with van der Waals surface area (Å²) in [6.07, 6.45) is 0. The Labute approximate surface area is 163 Å². The number of primary amides is 1. The van der Waals surface area contributed by atoms with E-state index in [2.05, 4.69) is 48.0 Å². The Morgan fingerprint density at radius 2 is 1.52 bits per heavy atom. The second-order valence-corrected chi connectivity index (χ2v) is 8.94. The van der Waals surface area contributed by atoms with Crippen molar-refractivity contribution in [3.63, 3.8) is 0 Å². The normalized spacial score (nSPS) is 18.1. The van der Waals surface area contributed by atoms with Crippen LogP contribution in [0.5, 0.6) is 0 Å². The maximum absolute atomic E-state index is 12.6. The fourth-order valence-corrected chi connectivity index (χ4v) is 3.29. The van der Waals surface area contributed by atoms with Crippen LogP contribution >= 0.6 is 0 Å². The van der Waals surface area contributed by atoms with Crippen molar-refractivity contribution in [3.8, 4) is 0 Å². The summed E-state index contributed by atoms with van der Waals surface area (Å²) in [4.78, 5) is 28.5. The number of carbonyl (C=O) groups excluding carboxylic acids is 2. The van der Waals surface area contributed by atoms with E-state index in [0.29, 0.717) is 13.1 Å². The van der Waals surface area contributed by atoms with Gasteiger partial charge in [0.1, 0.15) is 0 Å². The minimum atomic E-state index is -0.660. The molecule has 0 radical (unpaired) electrons. The lowest BCUT2D eigenvalue weighted by Gasteiger charge is -2.43. The first-order valence-electron chi connectivity index (χ1n) is 9.63. The number of nitrogens with one attached hydrogen (secondary N) is 1. The second-order valence-electron chi connectivity index (χ2n) is 8.94. The quantitative estimate of drug-likeness (QED) is 0.828. The molecule has 6 nitrogen and oxygen atoms in total. The van der Waals surface area contributed by atoms with Gasteiger partial charge in [-0.25, -0.2) is 0 Å². The van der Waals surface area contributed by atoms with Gasteiger partial charge in [-0.15, -0.1) is 0 Å². The monoisotopic (exact) mass is 374 g/mol. The van der Waals surface area contributed by atoms with E-state index in [9.17, 15) is 9.59 Å². The highest BCUT2D eigenvalue weighted by Gasteiger charge is 2.36. The van der Waals surface area contributed by atoms with Gasteiger partial charge in [-0.1, -0.05) is 32.9 Å². The molecule has 0 aliphatic carbocycles. The lowest BCUT2D eigenvalue weighted by atomic mass is 9.87. The van der Waals surface area contributed by atoms with Crippen LogP contribution in [-0.4, -0.2) is 59.4 Å². The summed E-state index contributed by atoms with van der Waals surface area (Å²) in [5.41, 5.74) is 6.99. The number of nitrogens with zero attached hydrogens (tertiary/aromatic N) is 2. The third-order valence-corrected chi connectivity index (χ3v) is 5.65. The standard InChI is InChI=1S/C21H34N4O2/c1-15(24-11-13-25(14-12-24)21(5,6)19(22)27)18(26)23-17-9-7-16(8-10-17)20(2,3)4/h7-10,15H,11-14H2,1-6H3,(H2,22,27)(H,23,26). The Morgan fingerprint density at radius 1 is 1.00 bits per heavy atom. The Kier molecular flexibility index (Phi) is 6.32. The van der Waals surface area contributed by atoms with Gasteiger partial charge in [0.2, 0.25) is 11.8 Å². The number of carbonyl (C=O) groups is 2. The molecule has 2 rings (SSSR count). The molecule has 1 heterocycles. The van der Waals surface area contributed by atoms with Crippen molar-refractivity contribution in [3.05, 3.63) is 29.8 Å². The van der Waals surface area contributed by atoms with E-state index in [0.717, 1.165) is 18.8 Å². The fraction of sp³-hybridized carbons (Fsp3) is 0.619. The summed E-state index contributed by atoms with van der Waals surface area (Å²) in [5, 5.41) is 3.01. The highest BCUT2D eigenvalue weighted by atomic mass is 16.2. The zero-order valence-electron chi connectivity index (χ0n) is 17.5. The Hall–Kier alpha value is -1.92. The van der Waals surface area contributed by atoms with E-state index < -0.39 is 5.54 Å². The van der Waals surface area contributed by atoms with Crippen LogP contribution in [0.3, 0.4) is 0 Å². The first-order valence-corrected chi connectivity index (χ1v) is 9.63. The van der Waals surface area contributed by atoms with Gasteiger partial charge in [-0.05, 0) is 43.9 Å². The van der Waals surface area contributed by atoms with Gasteiger partial charge in [0, 0.05) is 31.9 Å². The molecule has 0 spiro atoms. The molecule has 1 fully saturated rings. The second kappa shape index (κ2) is 7.98. The SMILES string of the molecule is CC(C(=O)Nc1ccc(C(C)(C)C)cc1)N1CCN(C(C)(C)C(N)=O)CC1. The molecule has 1 saturated heterocycles.